The van der Waals surface area contributed by atoms with E-state index in [-0.39, 0.29) is 25.2 Å². The van der Waals surface area contributed by atoms with Crippen LogP contribution in [0.2, 0.25) is 0 Å². The molecule has 0 heterocycles. The van der Waals surface area contributed by atoms with Gasteiger partial charge >= 0.3 is 23.9 Å². The number of carboxylic acid groups (broad SMARTS) is 3. The molecule has 5 amide bonds. The van der Waals surface area contributed by atoms with Crippen molar-refractivity contribution in [2.45, 2.75) is 76.3 Å². The lowest BCUT2D eigenvalue weighted by atomic mass is 10.1. The van der Waals surface area contributed by atoms with E-state index in [2.05, 4.69) is 21.3 Å². The van der Waals surface area contributed by atoms with Gasteiger partial charge in [0, 0.05) is 38.9 Å². The second-order valence-corrected chi connectivity index (χ2v) is 14.3. The molecule has 0 aliphatic carbocycles. The summed E-state index contributed by atoms with van der Waals surface area (Å²) in [5.74, 6) is -4.61. The highest BCUT2D eigenvalue weighted by Gasteiger charge is 2.25. The molecule has 0 rings (SSSR count). The quantitative estimate of drug-likeness (QED) is 0.0277. The third-order valence-electron chi connectivity index (χ3n) is 8.81. The highest BCUT2D eigenvalue weighted by atomic mass is 16.6. The third kappa shape index (κ3) is 46.6. The van der Waals surface area contributed by atoms with Crippen LogP contribution in [0, 0.1) is 0 Å². The average Bonchev–Trinajstić information content (AvgIpc) is 3.29. The van der Waals surface area contributed by atoms with Crippen molar-refractivity contribution in [2.24, 2.45) is 0 Å². The van der Waals surface area contributed by atoms with Gasteiger partial charge < -0.3 is 89.3 Å². The van der Waals surface area contributed by atoms with Crippen molar-refractivity contribution in [1.29, 1.82) is 0 Å². The molecule has 2 unspecified atom stereocenters. The van der Waals surface area contributed by atoms with Crippen molar-refractivity contribution >= 4 is 42.2 Å². The molecule has 8 N–H and O–H groups in total. The minimum absolute atomic E-state index is 0.0596. The first-order valence-corrected chi connectivity index (χ1v) is 22.8. The Hall–Kier alpha value is -4.31. The molecule has 0 aliphatic heterocycles. The molecule has 0 fully saturated rings. The van der Waals surface area contributed by atoms with Crippen LogP contribution in [-0.4, -0.2) is 221 Å². The van der Waals surface area contributed by atoms with Crippen molar-refractivity contribution in [1.82, 2.24) is 26.6 Å². The Balaban J connectivity index is 3.45. The maximum absolute atomic E-state index is 12.2. The molecule has 0 aliphatic rings. The Labute approximate surface area is 392 Å². The summed E-state index contributed by atoms with van der Waals surface area (Å²) in [7, 11) is 0. The molecular weight excluding hydrogens is 894 g/mol. The lowest BCUT2D eigenvalue weighted by Crippen LogP contribution is -2.51. The normalized spacial score (nSPS) is 11.9. The minimum atomic E-state index is -1.52. The maximum Gasteiger partial charge on any atom is 0.326 e. The van der Waals surface area contributed by atoms with Gasteiger partial charge in [-0.1, -0.05) is 19.3 Å². The first-order chi connectivity index (χ1) is 32.6. The van der Waals surface area contributed by atoms with Gasteiger partial charge in [-0.05, 0) is 25.7 Å². The number of urea groups is 1. The van der Waals surface area contributed by atoms with E-state index < -0.39 is 48.4 Å². The molecule has 0 saturated carbocycles. The highest BCUT2D eigenvalue weighted by Crippen LogP contribution is 2.06. The molecule has 0 bridgehead atoms. The number of hydrogen-bond acceptors (Lipinski definition) is 17. The minimum Gasteiger partial charge on any atom is -0.481 e. The van der Waals surface area contributed by atoms with E-state index in [0.717, 1.165) is 25.7 Å². The van der Waals surface area contributed by atoms with E-state index in [4.69, 9.17) is 57.6 Å². The van der Waals surface area contributed by atoms with Crippen LogP contribution in [0.3, 0.4) is 0 Å². The number of nitrogens with one attached hydrogen (secondary N) is 5. The molecule has 67 heavy (non-hydrogen) atoms. The summed E-state index contributed by atoms with van der Waals surface area (Å²) in [5.41, 5.74) is 0. The lowest BCUT2D eigenvalue weighted by molar-refractivity contribution is -0.141. The molecular formula is C42H77N5O20. The monoisotopic (exact) mass is 972 g/mol. The lowest BCUT2D eigenvalue weighted by Gasteiger charge is -2.18. The summed E-state index contributed by atoms with van der Waals surface area (Å²) < 4.78 is 54.4. The van der Waals surface area contributed by atoms with Crippen LogP contribution in [-0.2, 0) is 76.1 Å². The summed E-state index contributed by atoms with van der Waals surface area (Å²) in [5, 5.41) is 39.4. The van der Waals surface area contributed by atoms with Gasteiger partial charge in [-0.2, -0.15) is 0 Å². The number of aliphatic carboxylic acids is 3. The van der Waals surface area contributed by atoms with Gasteiger partial charge in [-0.25, -0.2) is 14.4 Å². The van der Waals surface area contributed by atoms with Gasteiger partial charge in [-0.3, -0.25) is 19.2 Å². The van der Waals surface area contributed by atoms with Gasteiger partial charge in [0.2, 0.25) is 18.2 Å². The van der Waals surface area contributed by atoms with Crippen molar-refractivity contribution in [3.8, 4) is 0 Å². The van der Waals surface area contributed by atoms with Crippen LogP contribution >= 0.6 is 0 Å². The molecule has 0 aromatic rings. The fourth-order valence-electron chi connectivity index (χ4n) is 5.30. The standard InChI is InChI=1S/C42H77N5O20/c48-34-43-12-14-58-16-18-60-20-22-62-24-26-64-28-30-66-32-33-67-31-29-65-27-25-63-23-21-61-19-17-59-15-13-45-37(49)6-4-2-1-3-5-11-44-38(50)9-7-35(40(53)54)46-42(57)47-36(41(55)56)8-10-39(51)52/h34-36H,1-33H2,(H,43,48)(H,44,50)(H,45,49)(H,51,52)(H,53,54)(H,55,56)(H2,46,47,57). The van der Waals surface area contributed by atoms with Crippen LogP contribution in [0.4, 0.5) is 4.79 Å². The fraction of sp³-hybridized carbons (Fsp3) is 0.833. The largest absolute Gasteiger partial charge is 0.481 e. The summed E-state index contributed by atoms with van der Waals surface area (Å²) in [6.45, 7) is 10.2. The average molecular weight is 972 g/mol. The van der Waals surface area contributed by atoms with Gasteiger partial charge in [0.1, 0.15) is 12.1 Å². The van der Waals surface area contributed by atoms with Crippen LogP contribution in [0.15, 0.2) is 0 Å². The summed E-state index contributed by atoms with van der Waals surface area (Å²) >= 11 is 0. The van der Waals surface area contributed by atoms with Crippen LogP contribution in [0.1, 0.15) is 64.2 Å². The zero-order valence-electron chi connectivity index (χ0n) is 38.8. The van der Waals surface area contributed by atoms with Crippen LogP contribution in [0.5, 0.6) is 0 Å². The second-order valence-electron chi connectivity index (χ2n) is 14.3. The Morgan fingerprint density at radius 3 is 1.10 bits per heavy atom. The fourth-order valence-corrected chi connectivity index (χ4v) is 5.30. The number of carbonyl (C=O) groups is 7. The first kappa shape index (κ1) is 62.7. The van der Waals surface area contributed by atoms with Crippen molar-refractivity contribution in [2.75, 3.05) is 152 Å². The highest BCUT2D eigenvalue weighted by molar-refractivity contribution is 5.86. The van der Waals surface area contributed by atoms with E-state index in [1.165, 1.54) is 0 Å². The number of rotatable bonds is 52. The molecule has 0 saturated heterocycles. The van der Waals surface area contributed by atoms with Gasteiger partial charge in [0.25, 0.3) is 0 Å². The van der Waals surface area contributed by atoms with E-state index in [1.54, 1.807) is 0 Å². The number of unbranched alkanes of at least 4 members (excludes halogenated alkanes) is 4. The topological polar surface area (TPSA) is 333 Å². The second kappa shape index (κ2) is 48.2. The maximum atomic E-state index is 12.2. The SMILES string of the molecule is O=CNCCOCCOCCOCCOCCOCCOCCOCCOCCOCCOCCNC(=O)CCCCCCCNC(=O)CCC(NC(=O)NC(CCC(=O)O)C(=O)O)C(=O)O. The summed E-state index contributed by atoms with van der Waals surface area (Å²) in [6, 6.07) is -4.09. The predicted molar refractivity (Wildman–Crippen MR) is 237 cm³/mol. The van der Waals surface area contributed by atoms with Gasteiger partial charge in [-0.15, -0.1) is 0 Å². The van der Waals surface area contributed by atoms with E-state index in [0.29, 0.717) is 171 Å². The molecule has 2 atom stereocenters. The molecule has 390 valence electrons. The zero-order chi connectivity index (χ0) is 49.3. The molecule has 0 radical (unpaired) electrons. The molecule has 25 heteroatoms. The molecule has 25 nitrogen and oxygen atoms in total. The van der Waals surface area contributed by atoms with Gasteiger partial charge in [0.15, 0.2) is 0 Å². The van der Waals surface area contributed by atoms with Crippen molar-refractivity contribution < 1.29 is 96.2 Å². The Kier molecular flexibility index (Phi) is 45.1. The predicted octanol–water partition coefficient (Wildman–Crippen LogP) is -0.678. The molecule has 0 aromatic carbocycles. The van der Waals surface area contributed by atoms with Crippen LogP contribution < -0.4 is 26.6 Å². The van der Waals surface area contributed by atoms with E-state index in [9.17, 15) is 38.7 Å². The molecule has 0 aromatic heterocycles. The third-order valence-corrected chi connectivity index (χ3v) is 8.81. The Morgan fingerprint density at radius 2 is 0.716 bits per heavy atom. The number of hydrogen-bond donors (Lipinski definition) is 8. The first-order valence-electron chi connectivity index (χ1n) is 22.8. The number of amides is 5. The Morgan fingerprint density at radius 1 is 0.388 bits per heavy atom. The number of carbonyl (C=O) groups excluding carboxylic acids is 4. The summed E-state index contributed by atoms with van der Waals surface area (Å²) in [4.78, 5) is 79.8. The molecule has 0 spiro atoms. The van der Waals surface area contributed by atoms with Crippen molar-refractivity contribution in [3.05, 3.63) is 0 Å². The Bertz CT molecular complexity index is 1270. The van der Waals surface area contributed by atoms with Gasteiger partial charge in [0.05, 0.1) is 132 Å². The van der Waals surface area contributed by atoms with E-state index >= 15 is 0 Å². The van der Waals surface area contributed by atoms with Crippen LogP contribution in [0.25, 0.3) is 0 Å². The van der Waals surface area contributed by atoms with Crippen molar-refractivity contribution in [3.63, 3.8) is 0 Å². The zero-order valence-corrected chi connectivity index (χ0v) is 38.8. The smallest absolute Gasteiger partial charge is 0.326 e. The number of ether oxygens (including phenoxy) is 10. The summed E-state index contributed by atoms with van der Waals surface area (Å²) in [6.07, 6.45) is 3.62. The van der Waals surface area contributed by atoms with E-state index in [1.807, 2.05) is 5.32 Å². The number of carboxylic acids is 3.